The van der Waals surface area contributed by atoms with E-state index in [1.807, 2.05) is 0 Å². The smallest absolute Gasteiger partial charge is 0.338 e. The lowest BCUT2D eigenvalue weighted by Crippen LogP contribution is -2.15. The van der Waals surface area contributed by atoms with Crippen LogP contribution >= 0.6 is 0 Å². The van der Waals surface area contributed by atoms with Gasteiger partial charge in [-0.05, 0) is 12.1 Å². The van der Waals surface area contributed by atoms with E-state index in [0.717, 1.165) is 6.07 Å². The Morgan fingerprint density at radius 1 is 1.24 bits per heavy atom. The summed E-state index contributed by atoms with van der Waals surface area (Å²) in [5, 5.41) is 11.0. The van der Waals surface area contributed by atoms with E-state index >= 15 is 0 Å². The summed E-state index contributed by atoms with van der Waals surface area (Å²) in [4.78, 5) is 22.8. The summed E-state index contributed by atoms with van der Waals surface area (Å²) in [6.07, 6.45) is 1.78. The van der Waals surface area contributed by atoms with Gasteiger partial charge in [-0.2, -0.15) is 0 Å². The number of furan rings is 1. The molecular weight excluding hydrogens is 284 g/mol. The van der Waals surface area contributed by atoms with Crippen LogP contribution in [-0.2, 0) is 6.42 Å². The van der Waals surface area contributed by atoms with E-state index in [4.69, 9.17) is 9.52 Å². The minimum Gasteiger partial charge on any atom is -0.478 e. The maximum atomic E-state index is 13.6. The Kier molecular flexibility index (Phi) is 4.02. The van der Waals surface area contributed by atoms with Crippen molar-refractivity contribution in [1.82, 2.24) is 0 Å². The molecule has 1 aromatic heterocycles. The third-order valence-corrected chi connectivity index (χ3v) is 2.85. The number of hydrogen-bond acceptors (Lipinski definition) is 3. The number of aromatic carboxylic acids is 1. The number of benzene rings is 1. The van der Waals surface area contributed by atoms with E-state index in [1.165, 1.54) is 12.3 Å². The van der Waals surface area contributed by atoms with Crippen molar-refractivity contribution >= 4 is 17.6 Å². The molecule has 21 heavy (non-hydrogen) atoms. The Labute approximate surface area is 118 Å². The zero-order valence-electron chi connectivity index (χ0n) is 10.9. The SMILES string of the molecule is CCc1occc1C(=O)Nc1cc(C(=O)O)c(F)cc1F. The van der Waals surface area contributed by atoms with E-state index < -0.39 is 34.8 Å². The van der Waals surface area contributed by atoms with Crippen LogP contribution < -0.4 is 5.32 Å². The summed E-state index contributed by atoms with van der Waals surface area (Å²) in [5.41, 5.74) is -0.935. The highest BCUT2D eigenvalue weighted by atomic mass is 19.1. The quantitative estimate of drug-likeness (QED) is 0.908. The van der Waals surface area contributed by atoms with Crippen LogP contribution in [0.3, 0.4) is 0 Å². The number of nitrogens with one attached hydrogen (secondary N) is 1. The first-order valence-electron chi connectivity index (χ1n) is 6.04. The van der Waals surface area contributed by atoms with Crippen molar-refractivity contribution in [2.45, 2.75) is 13.3 Å². The molecule has 5 nitrogen and oxygen atoms in total. The van der Waals surface area contributed by atoms with Gasteiger partial charge < -0.3 is 14.8 Å². The lowest BCUT2D eigenvalue weighted by atomic mass is 10.1. The number of carboxylic acid groups (broad SMARTS) is 1. The topological polar surface area (TPSA) is 79.5 Å². The molecule has 0 bridgehead atoms. The molecule has 1 aromatic carbocycles. The van der Waals surface area contributed by atoms with Crippen LogP contribution in [0.5, 0.6) is 0 Å². The highest BCUT2D eigenvalue weighted by Gasteiger charge is 2.19. The lowest BCUT2D eigenvalue weighted by Gasteiger charge is -2.08. The second-order valence-corrected chi connectivity index (χ2v) is 4.18. The monoisotopic (exact) mass is 295 g/mol. The zero-order valence-corrected chi connectivity index (χ0v) is 10.9. The minimum atomic E-state index is -1.56. The van der Waals surface area contributed by atoms with Gasteiger partial charge in [0.05, 0.1) is 23.1 Å². The summed E-state index contributed by atoms with van der Waals surface area (Å²) >= 11 is 0. The van der Waals surface area contributed by atoms with Crippen LogP contribution in [0.1, 0.15) is 33.4 Å². The van der Waals surface area contributed by atoms with Crippen molar-refractivity contribution in [3.63, 3.8) is 0 Å². The Bertz CT molecular complexity index is 709. The number of amides is 1. The number of rotatable bonds is 4. The molecule has 2 rings (SSSR count). The van der Waals surface area contributed by atoms with Crippen LogP contribution in [-0.4, -0.2) is 17.0 Å². The van der Waals surface area contributed by atoms with Crippen LogP contribution in [0, 0.1) is 11.6 Å². The van der Waals surface area contributed by atoms with Gasteiger partial charge in [0.2, 0.25) is 0 Å². The van der Waals surface area contributed by atoms with Gasteiger partial charge in [-0.15, -0.1) is 0 Å². The third kappa shape index (κ3) is 2.91. The molecule has 0 aliphatic heterocycles. The van der Waals surface area contributed by atoms with Crippen molar-refractivity contribution in [2.24, 2.45) is 0 Å². The number of aryl methyl sites for hydroxylation is 1. The summed E-state index contributed by atoms with van der Waals surface area (Å²) < 4.78 is 31.9. The fraction of sp³-hybridized carbons (Fsp3) is 0.143. The molecule has 0 saturated carbocycles. The molecule has 0 unspecified atom stereocenters. The molecule has 0 aliphatic carbocycles. The van der Waals surface area contributed by atoms with Crippen LogP contribution in [0.2, 0.25) is 0 Å². The Morgan fingerprint density at radius 2 is 1.95 bits per heavy atom. The average molecular weight is 295 g/mol. The molecule has 0 spiro atoms. The van der Waals surface area contributed by atoms with Crippen LogP contribution in [0.4, 0.5) is 14.5 Å². The minimum absolute atomic E-state index is 0.207. The number of anilines is 1. The highest BCUT2D eigenvalue weighted by molar-refractivity contribution is 6.05. The maximum absolute atomic E-state index is 13.6. The van der Waals surface area contributed by atoms with Crippen molar-refractivity contribution in [3.8, 4) is 0 Å². The van der Waals surface area contributed by atoms with Gasteiger partial charge in [0, 0.05) is 12.5 Å². The molecule has 0 aliphatic rings. The van der Waals surface area contributed by atoms with Gasteiger partial charge in [-0.3, -0.25) is 4.79 Å². The van der Waals surface area contributed by atoms with Crippen molar-refractivity contribution in [2.75, 3.05) is 5.32 Å². The van der Waals surface area contributed by atoms with Gasteiger partial charge in [0.15, 0.2) is 0 Å². The standard InChI is InChI=1S/C14H11F2NO4/c1-2-12-7(3-4-21-12)13(18)17-11-5-8(14(19)20)9(15)6-10(11)16/h3-6H,2H2,1H3,(H,17,18)(H,19,20). The highest BCUT2D eigenvalue weighted by Crippen LogP contribution is 2.21. The van der Waals surface area contributed by atoms with Gasteiger partial charge in [-0.25, -0.2) is 13.6 Å². The number of carbonyl (C=O) groups is 2. The summed E-state index contributed by atoms with van der Waals surface area (Å²) in [6.45, 7) is 1.77. The molecule has 2 N–H and O–H groups in total. The largest absolute Gasteiger partial charge is 0.478 e. The van der Waals surface area contributed by atoms with Crippen molar-refractivity contribution in [3.05, 3.63) is 53.0 Å². The molecular formula is C14H11F2NO4. The first kappa shape index (κ1) is 14.7. The molecule has 1 amide bonds. The summed E-state index contributed by atoms with van der Waals surface area (Å²) in [6, 6.07) is 2.56. The van der Waals surface area contributed by atoms with E-state index in [2.05, 4.69) is 5.32 Å². The van der Waals surface area contributed by atoms with E-state index in [-0.39, 0.29) is 5.56 Å². The summed E-state index contributed by atoms with van der Waals surface area (Å²) in [7, 11) is 0. The summed E-state index contributed by atoms with van der Waals surface area (Å²) in [5.74, 6) is -4.08. The van der Waals surface area contributed by atoms with Crippen LogP contribution in [0.15, 0.2) is 28.9 Å². The fourth-order valence-corrected chi connectivity index (χ4v) is 1.82. The predicted molar refractivity (Wildman–Crippen MR) is 69.4 cm³/mol. The Morgan fingerprint density at radius 3 is 2.57 bits per heavy atom. The molecule has 0 atom stereocenters. The number of hydrogen-bond donors (Lipinski definition) is 2. The van der Waals surface area contributed by atoms with Gasteiger partial charge >= 0.3 is 5.97 Å². The molecule has 110 valence electrons. The Hall–Kier alpha value is -2.70. The molecule has 0 saturated heterocycles. The Balaban J connectivity index is 2.33. The third-order valence-electron chi connectivity index (χ3n) is 2.85. The first-order valence-corrected chi connectivity index (χ1v) is 6.04. The fourth-order valence-electron chi connectivity index (χ4n) is 1.82. The van der Waals surface area contributed by atoms with E-state index in [9.17, 15) is 18.4 Å². The molecule has 7 heteroatoms. The number of halogens is 2. The van der Waals surface area contributed by atoms with Crippen LogP contribution in [0.25, 0.3) is 0 Å². The molecule has 0 fully saturated rings. The average Bonchev–Trinajstić information content (AvgIpc) is 2.89. The molecule has 0 radical (unpaired) electrons. The number of carbonyl (C=O) groups excluding carboxylic acids is 1. The maximum Gasteiger partial charge on any atom is 0.338 e. The van der Waals surface area contributed by atoms with Gasteiger partial charge in [0.25, 0.3) is 5.91 Å². The molecule has 2 aromatic rings. The van der Waals surface area contributed by atoms with Crippen molar-refractivity contribution < 1.29 is 27.9 Å². The van der Waals surface area contributed by atoms with E-state index in [1.54, 1.807) is 6.92 Å². The van der Waals surface area contributed by atoms with Crippen molar-refractivity contribution in [1.29, 1.82) is 0 Å². The van der Waals surface area contributed by atoms with Gasteiger partial charge in [0.1, 0.15) is 17.4 Å². The zero-order chi connectivity index (χ0) is 15.6. The van der Waals surface area contributed by atoms with Gasteiger partial charge in [-0.1, -0.05) is 6.92 Å². The first-order chi connectivity index (χ1) is 9.93. The van der Waals surface area contributed by atoms with E-state index in [0.29, 0.717) is 18.2 Å². The second-order valence-electron chi connectivity index (χ2n) is 4.18. The second kappa shape index (κ2) is 5.74. The normalized spacial score (nSPS) is 10.4. The lowest BCUT2D eigenvalue weighted by molar-refractivity contribution is 0.0691. The number of carboxylic acids is 1. The molecule has 1 heterocycles. The predicted octanol–water partition coefficient (Wildman–Crippen LogP) is 3.07.